The third-order valence-electron chi connectivity index (χ3n) is 1.68. The molecule has 1 rings (SSSR count). The summed E-state index contributed by atoms with van der Waals surface area (Å²) < 4.78 is 0. The Morgan fingerprint density at radius 1 is 1.33 bits per heavy atom. The third-order valence-corrected chi connectivity index (χ3v) is 1.68. The smallest absolute Gasteiger partial charge is 0.0902 e. The molecule has 1 aromatic rings. The van der Waals surface area contributed by atoms with Gasteiger partial charge in [-0.1, -0.05) is 29.8 Å². The fourth-order valence-corrected chi connectivity index (χ4v) is 0.941. The first-order valence-electron chi connectivity index (χ1n) is 4.03. The SMILES string of the molecule is CC(=N)NCc1ccc(C)cc1. The van der Waals surface area contributed by atoms with Crippen LogP contribution in [-0.2, 0) is 6.54 Å². The van der Waals surface area contributed by atoms with Gasteiger partial charge in [0.1, 0.15) is 0 Å². The normalized spacial score (nSPS) is 9.50. The largest absolute Gasteiger partial charge is 0.370 e. The molecule has 0 radical (unpaired) electrons. The van der Waals surface area contributed by atoms with E-state index in [0.717, 1.165) is 6.54 Å². The lowest BCUT2D eigenvalue weighted by molar-refractivity contribution is 0.902. The van der Waals surface area contributed by atoms with Crippen molar-refractivity contribution in [3.05, 3.63) is 35.4 Å². The predicted molar refractivity (Wildman–Crippen MR) is 51.4 cm³/mol. The molecule has 0 aliphatic rings. The Balaban J connectivity index is 2.53. The first kappa shape index (κ1) is 8.78. The summed E-state index contributed by atoms with van der Waals surface area (Å²) >= 11 is 0. The molecular weight excluding hydrogens is 148 g/mol. The lowest BCUT2D eigenvalue weighted by Gasteiger charge is -2.03. The molecule has 2 nitrogen and oxygen atoms in total. The Bertz CT molecular complexity index is 262. The van der Waals surface area contributed by atoms with Gasteiger partial charge in [-0.15, -0.1) is 0 Å². The molecule has 1 aromatic carbocycles. The highest BCUT2D eigenvalue weighted by Gasteiger charge is 1.91. The number of hydrogen-bond donors (Lipinski definition) is 2. The van der Waals surface area contributed by atoms with Gasteiger partial charge in [-0.2, -0.15) is 0 Å². The van der Waals surface area contributed by atoms with Gasteiger partial charge < -0.3 is 5.32 Å². The molecule has 2 N–H and O–H groups in total. The summed E-state index contributed by atoms with van der Waals surface area (Å²) in [5.74, 6) is 0.510. The Hall–Kier alpha value is -1.31. The van der Waals surface area contributed by atoms with E-state index >= 15 is 0 Å². The maximum Gasteiger partial charge on any atom is 0.0902 e. The minimum absolute atomic E-state index is 0.510. The van der Waals surface area contributed by atoms with Crippen molar-refractivity contribution in [1.82, 2.24) is 5.32 Å². The highest BCUT2D eigenvalue weighted by atomic mass is 14.9. The monoisotopic (exact) mass is 162 g/mol. The summed E-state index contributed by atoms with van der Waals surface area (Å²) in [4.78, 5) is 0. The van der Waals surface area contributed by atoms with Crippen LogP contribution < -0.4 is 5.32 Å². The number of hydrogen-bond acceptors (Lipinski definition) is 1. The molecule has 64 valence electrons. The first-order chi connectivity index (χ1) is 5.68. The molecular formula is C10H14N2. The van der Waals surface area contributed by atoms with E-state index in [-0.39, 0.29) is 0 Å². The molecule has 0 aromatic heterocycles. The van der Waals surface area contributed by atoms with E-state index in [1.54, 1.807) is 6.92 Å². The van der Waals surface area contributed by atoms with Gasteiger partial charge in [0, 0.05) is 6.54 Å². The van der Waals surface area contributed by atoms with Gasteiger partial charge in [0.05, 0.1) is 5.84 Å². The number of rotatable bonds is 2. The first-order valence-corrected chi connectivity index (χ1v) is 4.03. The predicted octanol–water partition coefficient (Wildman–Crippen LogP) is 2.08. The van der Waals surface area contributed by atoms with E-state index in [1.807, 2.05) is 0 Å². The van der Waals surface area contributed by atoms with Crippen molar-refractivity contribution in [1.29, 1.82) is 5.41 Å². The molecule has 0 saturated carbocycles. The molecule has 0 aliphatic carbocycles. The molecule has 2 heteroatoms. The number of amidine groups is 1. The van der Waals surface area contributed by atoms with Gasteiger partial charge in [0.15, 0.2) is 0 Å². The maximum absolute atomic E-state index is 7.17. The minimum Gasteiger partial charge on any atom is -0.370 e. The summed E-state index contributed by atoms with van der Waals surface area (Å²) in [6.45, 7) is 4.56. The van der Waals surface area contributed by atoms with Gasteiger partial charge >= 0.3 is 0 Å². The minimum atomic E-state index is 0.510. The van der Waals surface area contributed by atoms with Crippen LogP contribution in [0, 0.1) is 12.3 Å². The zero-order valence-corrected chi connectivity index (χ0v) is 7.52. The van der Waals surface area contributed by atoms with Crippen molar-refractivity contribution in [2.75, 3.05) is 0 Å². The van der Waals surface area contributed by atoms with Gasteiger partial charge in [-0.25, -0.2) is 0 Å². The second-order valence-corrected chi connectivity index (χ2v) is 2.96. The van der Waals surface area contributed by atoms with E-state index in [2.05, 4.69) is 36.5 Å². The van der Waals surface area contributed by atoms with Crippen molar-refractivity contribution in [3.8, 4) is 0 Å². The van der Waals surface area contributed by atoms with E-state index in [4.69, 9.17) is 5.41 Å². The summed E-state index contributed by atoms with van der Waals surface area (Å²) in [5.41, 5.74) is 2.48. The van der Waals surface area contributed by atoms with Crippen molar-refractivity contribution in [3.63, 3.8) is 0 Å². The summed E-state index contributed by atoms with van der Waals surface area (Å²) in [6.07, 6.45) is 0. The van der Waals surface area contributed by atoms with Crippen molar-refractivity contribution in [2.45, 2.75) is 20.4 Å². The second kappa shape index (κ2) is 3.90. The average Bonchev–Trinajstić information content (AvgIpc) is 2.03. The lowest BCUT2D eigenvalue weighted by atomic mass is 10.1. The highest BCUT2D eigenvalue weighted by Crippen LogP contribution is 2.01. The van der Waals surface area contributed by atoms with Crippen LogP contribution in [0.25, 0.3) is 0 Å². The Morgan fingerprint density at radius 3 is 2.42 bits per heavy atom. The van der Waals surface area contributed by atoms with Crippen molar-refractivity contribution in [2.24, 2.45) is 0 Å². The molecule has 0 heterocycles. The fraction of sp³-hybridized carbons (Fsp3) is 0.300. The number of nitrogens with one attached hydrogen (secondary N) is 2. The van der Waals surface area contributed by atoms with E-state index in [0.29, 0.717) is 5.84 Å². The van der Waals surface area contributed by atoms with Crippen LogP contribution in [0.1, 0.15) is 18.1 Å². The second-order valence-electron chi connectivity index (χ2n) is 2.96. The summed E-state index contributed by atoms with van der Waals surface area (Å²) in [6, 6.07) is 8.31. The third kappa shape index (κ3) is 2.74. The van der Waals surface area contributed by atoms with Crippen LogP contribution in [0.4, 0.5) is 0 Å². The van der Waals surface area contributed by atoms with Crippen LogP contribution >= 0.6 is 0 Å². The van der Waals surface area contributed by atoms with Gasteiger partial charge in [0.25, 0.3) is 0 Å². The van der Waals surface area contributed by atoms with E-state index < -0.39 is 0 Å². The molecule has 0 spiro atoms. The summed E-state index contributed by atoms with van der Waals surface area (Å²) in [5, 5.41) is 10.1. The topological polar surface area (TPSA) is 35.9 Å². The Kier molecular flexibility index (Phi) is 2.86. The van der Waals surface area contributed by atoms with E-state index in [9.17, 15) is 0 Å². The highest BCUT2D eigenvalue weighted by molar-refractivity contribution is 5.75. The molecule has 0 atom stereocenters. The molecule has 0 unspecified atom stereocenters. The Morgan fingerprint density at radius 2 is 1.92 bits per heavy atom. The number of benzene rings is 1. The van der Waals surface area contributed by atoms with Gasteiger partial charge in [0.2, 0.25) is 0 Å². The van der Waals surface area contributed by atoms with Crippen LogP contribution in [0.5, 0.6) is 0 Å². The summed E-state index contributed by atoms with van der Waals surface area (Å²) in [7, 11) is 0. The van der Waals surface area contributed by atoms with Crippen LogP contribution in [0.2, 0.25) is 0 Å². The van der Waals surface area contributed by atoms with Crippen molar-refractivity contribution < 1.29 is 0 Å². The molecule has 0 bridgehead atoms. The lowest BCUT2D eigenvalue weighted by Crippen LogP contribution is -2.18. The maximum atomic E-state index is 7.17. The zero-order valence-electron chi connectivity index (χ0n) is 7.52. The van der Waals surface area contributed by atoms with Crippen molar-refractivity contribution >= 4 is 5.84 Å². The van der Waals surface area contributed by atoms with E-state index in [1.165, 1.54) is 11.1 Å². The van der Waals surface area contributed by atoms with Crippen LogP contribution in [0.3, 0.4) is 0 Å². The quantitative estimate of drug-likeness (QED) is 0.507. The molecule has 0 saturated heterocycles. The standard InChI is InChI=1S/C10H14N2/c1-8-3-5-10(6-4-8)7-12-9(2)11/h3-6H,7H2,1-2H3,(H2,11,12). The fourth-order valence-electron chi connectivity index (χ4n) is 0.941. The number of aryl methyl sites for hydroxylation is 1. The average molecular weight is 162 g/mol. The molecule has 0 amide bonds. The van der Waals surface area contributed by atoms with Crippen LogP contribution in [0.15, 0.2) is 24.3 Å². The molecule has 12 heavy (non-hydrogen) atoms. The van der Waals surface area contributed by atoms with Gasteiger partial charge in [-0.05, 0) is 19.4 Å². The molecule has 0 aliphatic heterocycles. The van der Waals surface area contributed by atoms with Gasteiger partial charge in [-0.3, -0.25) is 5.41 Å². The zero-order chi connectivity index (χ0) is 8.97. The van der Waals surface area contributed by atoms with Crippen LogP contribution in [-0.4, -0.2) is 5.84 Å². The Labute approximate surface area is 73.1 Å². The molecule has 0 fully saturated rings.